The maximum absolute atomic E-state index is 11.4. The van der Waals surface area contributed by atoms with Crippen molar-refractivity contribution in [2.75, 3.05) is 11.5 Å². The molecule has 0 spiro atoms. The fraction of sp³-hybridized carbons (Fsp3) is 0.538. The summed E-state index contributed by atoms with van der Waals surface area (Å²) >= 11 is 3.36. The minimum absolute atomic E-state index is 0.133. The van der Waals surface area contributed by atoms with E-state index in [4.69, 9.17) is 0 Å². The molecule has 5 heteroatoms. The number of benzene rings is 1. The van der Waals surface area contributed by atoms with E-state index in [1.165, 1.54) is 0 Å². The molecule has 0 amide bonds. The van der Waals surface area contributed by atoms with Crippen molar-refractivity contribution in [2.24, 2.45) is 0 Å². The third kappa shape index (κ3) is 4.71. The lowest BCUT2D eigenvalue weighted by molar-refractivity contribution is 0.0471. The number of halogens is 1. The fourth-order valence-electron chi connectivity index (χ4n) is 1.75. The van der Waals surface area contributed by atoms with Crippen LogP contribution in [0, 0.1) is 0 Å². The largest absolute Gasteiger partial charge is 0.385 e. The molecule has 0 aliphatic carbocycles. The van der Waals surface area contributed by atoms with Crippen molar-refractivity contribution < 1.29 is 13.5 Å². The van der Waals surface area contributed by atoms with E-state index in [0.717, 1.165) is 10.0 Å². The maximum Gasteiger partial charge on any atom is 0.150 e. The summed E-state index contributed by atoms with van der Waals surface area (Å²) in [5.41, 5.74) is -0.196. The lowest BCUT2D eigenvalue weighted by Crippen LogP contribution is -2.22. The topological polar surface area (TPSA) is 54.4 Å². The Balaban J connectivity index is 2.66. The first-order valence-corrected chi connectivity index (χ1v) is 8.57. The fourth-order valence-corrected chi connectivity index (χ4v) is 3.02. The molecule has 3 nitrogen and oxygen atoms in total. The van der Waals surface area contributed by atoms with E-state index in [-0.39, 0.29) is 11.5 Å². The summed E-state index contributed by atoms with van der Waals surface area (Å²) in [5, 5.41) is 10.4. The zero-order valence-electron chi connectivity index (χ0n) is 10.7. The molecule has 1 aromatic rings. The number of hydrogen-bond donors (Lipinski definition) is 1. The molecule has 1 N–H and O–H groups in total. The van der Waals surface area contributed by atoms with Gasteiger partial charge in [0.2, 0.25) is 0 Å². The second-order valence-electron chi connectivity index (χ2n) is 4.62. The molecular formula is C13H19BrO3S. The highest BCUT2D eigenvalue weighted by Gasteiger charge is 2.23. The van der Waals surface area contributed by atoms with Gasteiger partial charge in [-0.2, -0.15) is 0 Å². The molecule has 0 aliphatic heterocycles. The average molecular weight is 335 g/mol. The van der Waals surface area contributed by atoms with Gasteiger partial charge in [-0.15, -0.1) is 0 Å². The molecule has 1 atom stereocenters. The van der Waals surface area contributed by atoms with Crippen molar-refractivity contribution in [3.05, 3.63) is 34.3 Å². The van der Waals surface area contributed by atoms with Crippen LogP contribution in [0.4, 0.5) is 0 Å². The van der Waals surface area contributed by atoms with E-state index in [1.807, 2.05) is 24.3 Å². The highest BCUT2D eigenvalue weighted by Crippen LogP contribution is 2.28. The standard InChI is InChI=1S/C13H19BrO3S/c1-3-18(16,17)9-5-8-13(2,15)11-6-4-7-12(14)10-11/h4,6-7,10,15H,3,5,8-9H2,1-2H3. The normalized spacial score (nSPS) is 15.3. The molecule has 102 valence electrons. The van der Waals surface area contributed by atoms with Crippen molar-refractivity contribution in [2.45, 2.75) is 32.3 Å². The van der Waals surface area contributed by atoms with Gasteiger partial charge in [-0.25, -0.2) is 8.42 Å². The third-order valence-electron chi connectivity index (χ3n) is 3.01. The molecule has 1 aromatic carbocycles. The van der Waals surface area contributed by atoms with Crippen LogP contribution in [-0.2, 0) is 15.4 Å². The Bertz CT molecular complexity index is 495. The summed E-state index contributed by atoms with van der Waals surface area (Å²) in [6.45, 7) is 3.36. The van der Waals surface area contributed by atoms with E-state index in [2.05, 4.69) is 15.9 Å². The number of rotatable bonds is 6. The minimum Gasteiger partial charge on any atom is -0.385 e. The Morgan fingerprint density at radius 2 is 2.06 bits per heavy atom. The van der Waals surface area contributed by atoms with Crippen molar-refractivity contribution >= 4 is 25.8 Å². The molecule has 1 unspecified atom stereocenters. The monoisotopic (exact) mass is 334 g/mol. The Labute approximate surface area is 117 Å². The Morgan fingerprint density at radius 1 is 1.39 bits per heavy atom. The van der Waals surface area contributed by atoms with Crippen LogP contribution in [0.1, 0.15) is 32.3 Å². The average Bonchev–Trinajstić information content (AvgIpc) is 2.28. The first-order valence-electron chi connectivity index (χ1n) is 5.96. The summed E-state index contributed by atoms with van der Waals surface area (Å²) in [6.07, 6.45) is 0.901. The Morgan fingerprint density at radius 3 is 2.61 bits per heavy atom. The first kappa shape index (κ1) is 15.7. The molecule has 1 rings (SSSR count). The van der Waals surface area contributed by atoms with Gasteiger partial charge in [-0.05, 0) is 37.5 Å². The van der Waals surface area contributed by atoms with Gasteiger partial charge in [0.1, 0.15) is 9.84 Å². The molecule has 0 bridgehead atoms. The van der Waals surface area contributed by atoms with Gasteiger partial charge in [0.25, 0.3) is 0 Å². The van der Waals surface area contributed by atoms with Crippen LogP contribution in [0.15, 0.2) is 28.7 Å². The summed E-state index contributed by atoms with van der Waals surface area (Å²) < 4.78 is 23.7. The molecule has 0 heterocycles. The number of hydrogen-bond acceptors (Lipinski definition) is 3. The second kappa shape index (κ2) is 6.17. The SMILES string of the molecule is CCS(=O)(=O)CCCC(C)(O)c1cccc(Br)c1. The van der Waals surface area contributed by atoms with Crippen molar-refractivity contribution in [1.82, 2.24) is 0 Å². The van der Waals surface area contributed by atoms with E-state index >= 15 is 0 Å². The summed E-state index contributed by atoms with van der Waals surface area (Å²) in [5.74, 6) is 0.291. The van der Waals surface area contributed by atoms with Crippen LogP contribution >= 0.6 is 15.9 Å². The minimum atomic E-state index is -2.95. The van der Waals surface area contributed by atoms with E-state index in [0.29, 0.717) is 12.8 Å². The van der Waals surface area contributed by atoms with Gasteiger partial charge < -0.3 is 5.11 Å². The zero-order chi connectivity index (χ0) is 13.8. The van der Waals surface area contributed by atoms with Gasteiger partial charge in [-0.1, -0.05) is 35.0 Å². The van der Waals surface area contributed by atoms with Crippen LogP contribution in [0.5, 0.6) is 0 Å². The van der Waals surface area contributed by atoms with Crippen LogP contribution in [-0.4, -0.2) is 25.0 Å². The molecule has 0 aliphatic rings. The van der Waals surface area contributed by atoms with Crippen LogP contribution in [0.3, 0.4) is 0 Å². The van der Waals surface area contributed by atoms with Crippen molar-refractivity contribution in [3.8, 4) is 0 Å². The van der Waals surface area contributed by atoms with Gasteiger partial charge in [-0.3, -0.25) is 0 Å². The summed E-state index contributed by atoms with van der Waals surface area (Å²) in [6, 6.07) is 7.45. The van der Waals surface area contributed by atoms with Gasteiger partial charge in [0.15, 0.2) is 0 Å². The molecule has 0 saturated heterocycles. The van der Waals surface area contributed by atoms with Gasteiger partial charge in [0, 0.05) is 10.2 Å². The Hall–Kier alpha value is -0.390. The number of sulfone groups is 1. The first-order chi connectivity index (χ1) is 8.27. The molecule has 0 saturated carbocycles. The van der Waals surface area contributed by atoms with E-state index in [9.17, 15) is 13.5 Å². The lowest BCUT2D eigenvalue weighted by Gasteiger charge is -2.24. The van der Waals surface area contributed by atoms with Crippen LogP contribution < -0.4 is 0 Å². The van der Waals surface area contributed by atoms with Gasteiger partial charge >= 0.3 is 0 Å². The molecule has 0 radical (unpaired) electrons. The summed E-state index contributed by atoms with van der Waals surface area (Å²) in [7, 11) is -2.95. The van der Waals surface area contributed by atoms with Crippen LogP contribution in [0.2, 0.25) is 0 Å². The zero-order valence-corrected chi connectivity index (χ0v) is 13.1. The Kier molecular flexibility index (Phi) is 5.37. The third-order valence-corrected chi connectivity index (χ3v) is 5.29. The molecule has 18 heavy (non-hydrogen) atoms. The lowest BCUT2D eigenvalue weighted by atomic mass is 9.91. The maximum atomic E-state index is 11.4. The predicted molar refractivity (Wildman–Crippen MR) is 77.3 cm³/mol. The van der Waals surface area contributed by atoms with Crippen molar-refractivity contribution in [1.29, 1.82) is 0 Å². The van der Waals surface area contributed by atoms with E-state index in [1.54, 1.807) is 13.8 Å². The molecule has 0 aromatic heterocycles. The highest BCUT2D eigenvalue weighted by molar-refractivity contribution is 9.10. The van der Waals surface area contributed by atoms with Crippen LogP contribution in [0.25, 0.3) is 0 Å². The van der Waals surface area contributed by atoms with Gasteiger partial charge in [0.05, 0.1) is 11.4 Å². The predicted octanol–water partition coefficient (Wildman–Crippen LogP) is 2.87. The summed E-state index contributed by atoms with van der Waals surface area (Å²) in [4.78, 5) is 0. The molecular weight excluding hydrogens is 316 g/mol. The highest BCUT2D eigenvalue weighted by atomic mass is 79.9. The smallest absolute Gasteiger partial charge is 0.150 e. The molecule has 0 fully saturated rings. The second-order valence-corrected chi connectivity index (χ2v) is 8.01. The quantitative estimate of drug-likeness (QED) is 0.870. The number of aliphatic hydroxyl groups is 1. The van der Waals surface area contributed by atoms with Crippen molar-refractivity contribution in [3.63, 3.8) is 0 Å². The van der Waals surface area contributed by atoms with E-state index < -0.39 is 15.4 Å².